The minimum Gasteiger partial charge on any atom is -0.497 e. The molecule has 0 saturated heterocycles. The summed E-state index contributed by atoms with van der Waals surface area (Å²) in [5.74, 6) is -0.819. The topological polar surface area (TPSA) is 93.7 Å². The van der Waals surface area contributed by atoms with E-state index in [2.05, 4.69) is 10.6 Å². The average Bonchev–Trinajstić information content (AvgIpc) is 2.71. The number of esters is 1. The maximum Gasteiger partial charge on any atom is 0.331 e. The molecule has 2 aromatic rings. The first kappa shape index (κ1) is 19.7. The molecule has 7 heteroatoms. The van der Waals surface area contributed by atoms with Gasteiger partial charge in [-0.3, -0.25) is 10.1 Å². The summed E-state index contributed by atoms with van der Waals surface area (Å²) in [5.41, 5.74) is 1.18. The Kier molecular flexibility index (Phi) is 7.13. The lowest BCUT2D eigenvalue weighted by atomic mass is 10.1. The Morgan fingerprint density at radius 2 is 1.78 bits per heavy atom. The van der Waals surface area contributed by atoms with Crippen LogP contribution in [0.3, 0.4) is 0 Å². The van der Waals surface area contributed by atoms with Crippen LogP contribution in [0.5, 0.6) is 5.75 Å². The van der Waals surface area contributed by atoms with E-state index in [0.29, 0.717) is 11.3 Å². The number of imide groups is 1. The Labute approximate surface area is 157 Å². The number of hydrogen-bond donors (Lipinski definition) is 2. The molecule has 3 amide bonds. The van der Waals surface area contributed by atoms with Crippen molar-refractivity contribution in [2.75, 3.05) is 14.2 Å². The lowest BCUT2D eigenvalue weighted by molar-refractivity contribution is -0.151. The van der Waals surface area contributed by atoms with Crippen molar-refractivity contribution in [2.45, 2.75) is 6.10 Å². The second-order valence-electron chi connectivity index (χ2n) is 5.41. The Hall–Kier alpha value is -3.61. The monoisotopic (exact) mass is 368 g/mol. The van der Waals surface area contributed by atoms with E-state index in [4.69, 9.17) is 9.47 Å². The highest BCUT2D eigenvalue weighted by Gasteiger charge is 2.25. The van der Waals surface area contributed by atoms with Gasteiger partial charge in [-0.25, -0.2) is 9.59 Å². The predicted molar refractivity (Wildman–Crippen MR) is 99.9 cm³/mol. The molecule has 2 rings (SSSR count). The molecule has 0 bridgehead atoms. The quantitative estimate of drug-likeness (QED) is 0.603. The SMILES string of the molecule is CNC(=O)NC(=O)C(OC(=O)/C=C/c1cccc(OC)c1)c1ccccc1. The molecule has 0 aliphatic rings. The zero-order chi connectivity index (χ0) is 19.6. The fraction of sp³-hybridized carbons (Fsp3) is 0.150. The minimum atomic E-state index is -1.26. The molecule has 2 aromatic carbocycles. The van der Waals surface area contributed by atoms with Gasteiger partial charge in [0.05, 0.1) is 7.11 Å². The fourth-order valence-corrected chi connectivity index (χ4v) is 2.21. The van der Waals surface area contributed by atoms with Crippen LogP contribution in [0.2, 0.25) is 0 Å². The fourth-order valence-electron chi connectivity index (χ4n) is 2.21. The van der Waals surface area contributed by atoms with Crippen LogP contribution >= 0.6 is 0 Å². The van der Waals surface area contributed by atoms with E-state index in [-0.39, 0.29) is 0 Å². The van der Waals surface area contributed by atoms with Gasteiger partial charge in [-0.2, -0.15) is 0 Å². The van der Waals surface area contributed by atoms with Crippen molar-refractivity contribution in [2.24, 2.45) is 0 Å². The number of ether oxygens (including phenoxy) is 2. The van der Waals surface area contributed by atoms with Crippen LogP contribution in [0, 0.1) is 0 Å². The van der Waals surface area contributed by atoms with Crippen LogP contribution < -0.4 is 15.4 Å². The van der Waals surface area contributed by atoms with Crippen LogP contribution in [-0.2, 0) is 14.3 Å². The molecule has 0 aromatic heterocycles. The van der Waals surface area contributed by atoms with Gasteiger partial charge in [0.15, 0.2) is 0 Å². The highest BCUT2D eigenvalue weighted by Crippen LogP contribution is 2.19. The van der Waals surface area contributed by atoms with E-state index in [1.807, 2.05) is 0 Å². The summed E-state index contributed by atoms with van der Waals surface area (Å²) in [4.78, 5) is 35.9. The normalized spacial score (nSPS) is 11.5. The lowest BCUT2D eigenvalue weighted by Gasteiger charge is -2.16. The van der Waals surface area contributed by atoms with E-state index >= 15 is 0 Å². The summed E-state index contributed by atoms with van der Waals surface area (Å²) < 4.78 is 10.4. The van der Waals surface area contributed by atoms with Gasteiger partial charge in [-0.1, -0.05) is 42.5 Å². The molecule has 0 aliphatic heterocycles. The molecule has 0 spiro atoms. The Bertz CT molecular complexity index is 833. The Morgan fingerprint density at radius 3 is 2.44 bits per heavy atom. The van der Waals surface area contributed by atoms with Gasteiger partial charge in [0.25, 0.3) is 5.91 Å². The maximum absolute atomic E-state index is 12.3. The minimum absolute atomic E-state index is 0.446. The van der Waals surface area contributed by atoms with Gasteiger partial charge < -0.3 is 14.8 Å². The first-order valence-electron chi connectivity index (χ1n) is 8.13. The van der Waals surface area contributed by atoms with Crippen LogP contribution in [-0.4, -0.2) is 32.1 Å². The molecule has 7 nitrogen and oxygen atoms in total. The molecule has 0 saturated carbocycles. The maximum atomic E-state index is 12.3. The molecule has 0 aliphatic carbocycles. The van der Waals surface area contributed by atoms with Gasteiger partial charge in [0.1, 0.15) is 5.75 Å². The molecule has 0 heterocycles. The van der Waals surface area contributed by atoms with Gasteiger partial charge in [-0.05, 0) is 23.8 Å². The molecular formula is C20H20N2O5. The molecular weight excluding hydrogens is 348 g/mol. The summed E-state index contributed by atoms with van der Waals surface area (Å²) >= 11 is 0. The number of nitrogens with one attached hydrogen (secondary N) is 2. The van der Waals surface area contributed by atoms with E-state index in [0.717, 1.165) is 5.56 Å². The van der Waals surface area contributed by atoms with Crippen LogP contribution in [0.4, 0.5) is 4.79 Å². The second kappa shape index (κ2) is 9.76. The largest absolute Gasteiger partial charge is 0.497 e. The summed E-state index contributed by atoms with van der Waals surface area (Å²) in [7, 11) is 2.93. The Balaban J connectivity index is 2.13. The van der Waals surface area contributed by atoms with E-state index in [1.54, 1.807) is 67.8 Å². The highest BCUT2D eigenvalue weighted by molar-refractivity contribution is 5.98. The van der Waals surface area contributed by atoms with Crippen LogP contribution in [0.25, 0.3) is 6.08 Å². The van der Waals surface area contributed by atoms with Crippen molar-refractivity contribution in [3.8, 4) is 5.75 Å². The van der Waals surface area contributed by atoms with Crippen molar-refractivity contribution in [3.05, 3.63) is 71.8 Å². The first-order valence-corrected chi connectivity index (χ1v) is 8.13. The average molecular weight is 368 g/mol. The number of carbonyl (C=O) groups excluding carboxylic acids is 3. The van der Waals surface area contributed by atoms with Crippen molar-refractivity contribution in [1.29, 1.82) is 0 Å². The third-order valence-corrected chi connectivity index (χ3v) is 3.54. The van der Waals surface area contributed by atoms with Gasteiger partial charge in [-0.15, -0.1) is 0 Å². The Morgan fingerprint density at radius 1 is 1.04 bits per heavy atom. The molecule has 140 valence electrons. The third-order valence-electron chi connectivity index (χ3n) is 3.54. The number of rotatable bonds is 6. The lowest BCUT2D eigenvalue weighted by Crippen LogP contribution is -2.41. The third kappa shape index (κ3) is 6.00. The van der Waals surface area contributed by atoms with Gasteiger partial charge in [0, 0.05) is 18.7 Å². The van der Waals surface area contributed by atoms with E-state index in [9.17, 15) is 14.4 Å². The number of urea groups is 1. The summed E-state index contributed by atoms with van der Waals surface area (Å²) in [5, 5.41) is 4.39. The standard InChI is InChI=1S/C20H20N2O5/c1-21-20(25)22-19(24)18(15-8-4-3-5-9-15)27-17(23)12-11-14-7-6-10-16(13-14)26-2/h3-13,18H,1-2H3,(H2,21,22,24,25)/b12-11+. The zero-order valence-corrected chi connectivity index (χ0v) is 15.0. The number of benzene rings is 2. The molecule has 1 unspecified atom stereocenters. The second-order valence-corrected chi connectivity index (χ2v) is 5.41. The summed E-state index contributed by atoms with van der Waals surface area (Å²) in [6, 6.07) is 14.9. The van der Waals surface area contributed by atoms with Crippen molar-refractivity contribution >= 4 is 24.0 Å². The number of hydrogen-bond acceptors (Lipinski definition) is 5. The van der Waals surface area contributed by atoms with Crippen molar-refractivity contribution in [3.63, 3.8) is 0 Å². The molecule has 0 radical (unpaired) electrons. The van der Waals surface area contributed by atoms with Gasteiger partial charge >= 0.3 is 12.0 Å². The predicted octanol–water partition coefficient (Wildman–Crippen LogP) is 2.45. The summed E-state index contributed by atoms with van der Waals surface area (Å²) in [6.45, 7) is 0. The van der Waals surface area contributed by atoms with Crippen molar-refractivity contribution < 1.29 is 23.9 Å². The van der Waals surface area contributed by atoms with Crippen LogP contribution in [0.1, 0.15) is 17.2 Å². The van der Waals surface area contributed by atoms with E-state index in [1.165, 1.54) is 13.1 Å². The van der Waals surface area contributed by atoms with E-state index < -0.39 is 24.0 Å². The zero-order valence-electron chi connectivity index (χ0n) is 15.0. The smallest absolute Gasteiger partial charge is 0.331 e. The molecule has 27 heavy (non-hydrogen) atoms. The van der Waals surface area contributed by atoms with Crippen molar-refractivity contribution in [1.82, 2.24) is 10.6 Å². The highest BCUT2D eigenvalue weighted by atomic mass is 16.5. The van der Waals surface area contributed by atoms with Crippen LogP contribution in [0.15, 0.2) is 60.7 Å². The first-order chi connectivity index (χ1) is 13.0. The summed E-state index contributed by atoms with van der Waals surface area (Å²) in [6.07, 6.45) is 1.49. The molecule has 1 atom stereocenters. The molecule has 2 N–H and O–H groups in total. The number of amides is 3. The number of carbonyl (C=O) groups is 3. The van der Waals surface area contributed by atoms with Gasteiger partial charge in [0.2, 0.25) is 6.10 Å². The molecule has 0 fully saturated rings. The number of methoxy groups -OCH3 is 1.